The van der Waals surface area contributed by atoms with E-state index in [-0.39, 0.29) is 30.5 Å². The van der Waals surface area contributed by atoms with Crippen molar-refractivity contribution in [1.29, 1.82) is 0 Å². The zero-order valence-corrected chi connectivity index (χ0v) is 17.0. The van der Waals surface area contributed by atoms with Crippen LogP contribution in [0, 0.1) is 0 Å². The Morgan fingerprint density at radius 3 is 2.42 bits per heavy atom. The second kappa shape index (κ2) is 11.0. The van der Waals surface area contributed by atoms with E-state index in [4.69, 9.17) is 11.6 Å². The van der Waals surface area contributed by atoms with E-state index >= 15 is 0 Å². The van der Waals surface area contributed by atoms with E-state index in [1.54, 1.807) is 7.05 Å². The fourth-order valence-corrected chi connectivity index (χ4v) is 2.28. The Labute approximate surface area is 163 Å². The fourth-order valence-electron chi connectivity index (χ4n) is 2.09. The second-order valence-corrected chi connectivity index (χ2v) is 5.68. The summed E-state index contributed by atoms with van der Waals surface area (Å²) in [5, 5.41) is 3.72. The van der Waals surface area contributed by atoms with Crippen molar-refractivity contribution in [2.45, 2.75) is 12.7 Å². The SMILES string of the molecule is CN=C(NCCN(C)CC(F)(F)F)N(C)Cc1ccccc1Cl.I. The Balaban J connectivity index is 0.00000529. The quantitative estimate of drug-likeness (QED) is 0.386. The summed E-state index contributed by atoms with van der Waals surface area (Å²) in [7, 11) is 4.91. The van der Waals surface area contributed by atoms with E-state index in [0.29, 0.717) is 24.1 Å². The molecule has 1 N–H and O–H groups in total. The molecule has 9 heteroatoms. The van der Waals surface area contributed by atoms with Crippen LogP contribution in [0.3, 0.4) is 0 Å². The highest BCUT2D eigenvalue weighted by atomic mass is 127. The molecule has 0 aliphatic carbocycles. The molecule has 0 aliphatic rings. The van der Waals surface area contributed by atoms with Crippen LogP contribution in [0.25, 0.3) is 0 Å². The molecule has 0 spiro atoms. The molecule has 0 bridgehead atoms. The molecule has 1 aromatic carbocycles. The zero-order chi connectivity index (χ0) is 17.5. The van der Waals surface area contributed by atoms with Gasteiger partial charge in [0.15, 0.2) is 5.96 Å². The van der Waals surface area contributed by atoms with Crippen LogP contribution in [0.4, 0.5) is 13.2 Å². The van der Waals surface area contributed by atoms with Gasteiger partial charge >= 0.3 is 6.18 Å². The van der Waals surface area contributed by atoms with Gasteiger partial charge in [0.05, 0.1) is 6.54 Å². The van der Waals surface area contributed by atoms with Gasteiger partial charge in [-0.1, -0.05) is 29.8 Å². The van der Waals surface area contributed by atoms with Crippen LogP contribution >= 0.6 is 35.6 Å². The van der Waals surface area contributed by atoms with Crippen LogP contribution in [0.5, 0.6) is 0 Å². The standard InChI is InChI=1S/C15H22ClF3N4.HI/c1-20-14(21-8-9-22(2)11-15(17,18)19)23(3)10-12-6-4-5-7-13(12)16;/h4-7H,8-11H2,1-3H3,(H,20,21);1H. The number of rotatable bonds is 6. The average molecular weight is 479 g/mol. The van der Waals surface area contributed by atoms with Crippen molar-refractivity contribution in [2.75, 3.05) is 40.8 Å². The predicted molar refractivity (Wildman–Crippen MR) is 103 cm³/mol. The summed E-state index contributed by atoms with van der Waals surface area (Å²) in [5.74, 6) is 0.602. The number of aliphatic imine (C=N–C) groups is 1. The van der Waals surface area contributed by atoms with Crippen LogP contribution in [-0.4, -0.2) is 62.7 Å². The minimum absolute atomic E-state index is 0. The molecule has 0 aliphatic heterocycles. The minimum Gasteiger partial charge on any atom is -0.355 e. The molecular formula is C15H23ClF3IN4. The zero-order valence-electron chi connectivity index (χ0n) is 13.9. The third-order valence-corrected chi connectivity index (χ3v) is 3.53. The monoisotopic (exact) mass is 478 g/mol. The van der Waals surface area contributed by atoms with Gasteiger partial charge in [-0.15, -0.1) is 24.0 Å². The normalized spacial score (nSPS) is 12.1. The van der Waals surface area contributed by atoms with E-state index in [1.165, 1.54) is 11.9 Å². The van der Waals surface area contributed by atoms with Crippen molar-refractivity contribution in [3.63, 3.8) is 0 Å². The number of halogens is 5. The highest BCUT2D eigenvalue weighted by Gasteiger charge is 2.28. The first-order chi connectivity index (χ1) is 10.7. The molecule has 0 unspecified atom stereocenters. The molecular weight excluding hydrogens is 456 g/mol. The van der Waals surface area contributed by atoms with Crippen molar-refractivity contribution in [3.8, 4) is 0 Å². The number of guanidine groups is 1. The molecule has 1 rings (SSSR count). The van der Waals surface area contributed by atoms with Crippen LogP contribution in [0.1, 0.15) is 5.56 Å². The number of hydrogen-bond acceptors (Lipinski definition) is 2. The van der Waals surface area contributed by atoms with E-state index in [1.807, 2.05) is 36.2 Å². The fraction of sp³-hybridized carbons (Fsp3) is 0.533. The van der Waals surface area contributed by atoms with Gasteiger partial charge in [-0.25, -0.2) is 0 Å². The van der Waals surface area contributed by atoms with Gasteiger partial charge in [0.1, 0.15) is 0 Å². The molecule has 0 fully saturated rings. The Bertz CT molecular complexity index is 526. The van der Waals surface area contributed by atoms with Gasteiger partial charge in [-0.3, -0.25) is 9.89 Å². The largest absolute Gasteiger partial charge is 0.401 e. The summed E-state index contributed by atoms with van der Waals surface area (Å²) in [6.45, 7) is 0.255. The van der Waals surface area contributed by atoms with E-state index in [2.05, 4.69) is 10.3 Å². The van der Waals surface area contributed by atoms with Gasteiger partial charge in [0.25, 0.3) is 0 Å². The Kier molecular flexibility index (Phi) is 10.6. The first kappa shape index (κ1) is 23.3. The smallest absolute Gasteiger partial charge is 0.355 e. The lowest BCUT2D eigenvalue weighted by atomic mass is 10.2. The van der Waals surface area contributed by atoms with E-state index < -0.39 is 12.7 Å². The molecule has 0 saturated heterocycles. The molecule has 0 heterocycles. The number of likely N-dealkylation sites (N-methyl/N-ethyl adjacent to an activating group) is 1. The van der Waals surface area contributed by atoms with Crippen LogP contribution in [0.2, 0.25) is 5.02 Å². The van der Waals surface area contributed by atoms with Crippen molar-refractivity contribution >= 4 is 41.5 Å². The average Bonchev–Trinajstić information content (AvgIpc) is 2.44. The molecule has 0 radical (unpaired) electrons. The Hall–Kier alpha value is -0.740. The number of nitrogens with zero attached hydrogens (tertiary/aromatic N) is 3. The first-order valence-electron chi connectivity index (χ1n) is 7.13. The minimum atomic E-state index is -4.18. The summed E-state index contributed by atoms with van der Waals surface area (Å²) in [6.07, 6.45) is -4.18. The lowest BCUT2D eigenvalue weighted by Crippen LogP contribution is -2.43. The molecule has 0 atom stereocenters. The molecule has 0 saturated carbocycles. The third-order valence-electron chi connectivity index (χ3n) is 3.16. The lowest BCUT2D eigenvalue weighted by Gasteiger charge is -2.24. The number of benzene rings is 1. The Morgan fingerprint density at radius 1 is 1.25 bits per heavy atom. The first-order valence-corrected chi connectivity index (χ1v) is 7.51. The summed E-state index contributed by atoms with van der Waals surface area (Å²) in [6, 6.07) is 7.49. The molecule has 1 aromatic rings. The summed E-state index contributed by atoms with van der Waals surface area (Å²) in [4.78, 5) is 7.22. The molecule has 0 aromatic heterocycles. The maximum Gasteiger partial charge on any atom is 0.401 e. The van der Waals surface area contributed by atoms with Crippen molar-refractivity contribution in [3.05, 3.63) is 34.9 Å². The number of alkyl halides is 3. The van der Waals surface area contributed by atoms with Gasteiger partial charge in [-0.05, 0) is 18.7 Å². The van der Waals surface area contributed by atoms with Crippen LogP contribution < -0.4 is 5.32 Å². The predicted octanol–water partition coefficient (Wildman–Crippen LogP) is 3.46. The van der Waals surface area contributed by atoms with Gasteiger partial charge in [0.2, 0.25) is 0 Å². The summed E-state index contributed by atoms with van der Waals surface area (Å²) < 4.78 is 36.8. The third kappa shape index (κ3) is 8.93. The number of hydrogen-bond donors (Lipinski definition) is 1. The topological polar surface area (TPSA) is 30.9 Å². The highest BCUT2D eigenvalue weighted by molar-refractivity contribution is 14.0. The summed E-state index contributed by atoms with van der Waals surface area (Å²) >= 11 is 6.12. The summed E-state index contributed by atoms with van der Waals surface area (Å²) in [5.41, 5.74) is 0.953. The van der Waals surface area contributed by atoms with E-state index in [0.717, 1.165) is 5.56 Å². The van der Waals surface area contributed by atoms with Crippen molar-refractivity contribution in [2.24, 2.45) is 4.99 Å². The maximum atomic E-state index is 12.3. The maximum absolute atomic E-state index is 12.3. The van der Waals surface area contributed by atoms with Crippen LogP contribution in [0.15, 0.2) is 29.3 Å². The van der Waals surface area contributed by atoms with Crippen molar-refractivity contribution < 1.29 is 13.2 Å². The molecule has 4 nitrogen and oxygen atoms in total. The number of nitrogens with one attached hydrogen (secondary N) is 1. The van der Waals surface area contributed by atoms with Gasteiger partial charge in [-0.2, -0.15) is 13.2 Å². The molecule has 138 valence electrons. The lowest BCUT2D eigenvalue weighted by molar-refractivity contribution is -0.142. The van der Waals surface area contributed by atoms with Gasteiger partial charge < -0.3 is 10.2 Å². The van der Waals surface area contributed by atoms with Crippen LogP contribution in [-0.2, 0) is 6.54 Å². The highest BCUT2D eigenvalue weighted by Crippen LogP contribution is 2.16. The second-order valence-electron chi connectivity index (χ2n) is 5.27. The Morgan fingerprint density at radius 2 is 1.88 bits per heavy atom. The molecule has 24 heavy (non-hydrogen) atoms. The van der Waals surface area contributed by atoms with Crippen molar-refractivity contribution in [1.82, 2.24) is 15.1 Å². The molecule has 0 amide bonds. The van der Waals surface area contributed by atoms with E-state index in [9.17, 15) is 13.2 Å². The van der Waals surface area contributed by atoms with Gasteiger partial charge in [0, 0.05) is 38.8 Å².